The van der Waals surface area contributed by atoms with E-state index in [-0.39, 0.29) is 34.8 Å². The van der Waals surface area contributed by atoms with Crippen LogP contribution in [0.2, 0.25) is 0 Å². The van der Waals surface area contributed by atoms with Gasteiger partial charge >= 0.3 is 5.97 Å². The zero-order valence-electron chi connectivity index (χ0n) is 25.2. The van der Waals surface area contributed by atoms with Gasteiger partial charge in [0.05, 0.1) is 24.3 Å². The maximum atomic E-state index is 14.2. The van der Waals surface area contributed by atoms with Gasteiger partial charge in [-0.1, -0.05) is 26.3 Å². The molecule has 1 fully saturated rings. The number of carbonyl (C=O) groups excluding carboxylic acids is 2. The molecule has 1 saturated carbocycles. The number of carbonyl (C=O) groups is 3. The van der Waals surface area contributed by atoms with Gasteiger partial charge in [-0.05, 0) is 67.3 Å². The molecule has 0 unspecified atom stereocenters. The Morgan fingerprint density at radius 2 is 1.83 bits per heavy atom. The molecule has 220 valence electrons. The number of hydrogen-bond acceptors (Lipinski definition) is 6. The van der Waals surface area contributed by atoms with Crippen molar-refractivity contribution in [3.8, 4) is 17.0 Å². The maximum Gasteiger partial charge on any atom is 0.354 e. The normalized spacial score (nSPS) is 23.1. The second-order valence-electron chi connectivity index (χ2n) is 12.8. The topological polar surface area (TPSA) is 106 Å². The van der Waals surface area contributed by atoms with Crippen molar-refractivity contribution in [3.05, 3.63) is 69.3 Å². The van der Waals surface area contributed by atoms with Crippen LogP contribution in [0.1, 0.15) is 85.5 Å². The minimum absolute atomic E-state index is 0.0117. The van der Waals surface area contributed by atoms with Crippen molar-refractivity contribution in [1.82, 2.24) is 9.88 Å². The molecule has 1 spiro atoms. The number of aromatic carboxylic acids is 1. The first-order valence-electron chi connectivity index (χ1n) is 14.8. The summed E-state index contributed by atoms with van der Waals surface area (Å²) in [6, 6.07) is 7.22. The molecular formula is C34H38N2O6. The second kappa shape index (κ2) is 10.1. The summed E-state index contributed by atoms with van der Waals surface area (Å²) in [5, 5.41) is 9.73. The zero-order valence-corrected chi connectivity index (χ0v) is 25.2. The van der Waals surface area contributed by atoms with Crippen LogP contribution >= 0.6 is 0 Å². The monoisotopic (exact) mass is 570 g/mol. The molecule has 1 amide bonds. The SMILES string of the molecule is COc1ccc(-c2ccc(C)c(C(=O)O)n2)c(C)c1[C@H]1C2=C(CC3(CCC3)CC2=O)OC2=C1C(=O)N(C)[C@H](C(C)C)C2. The summed E-state index contributed by atoms with van der Waals surface area (Å²) in [7, 11) is 3.41. The smallest absolute Gasteiger partial charge is 0.354 e. The number of ether oxygens (including phenoxy) is 2. The average Bonchev–Trinajstić information content (AvgIpc) is 2.93. The van der Waals surface area contributed by atoms with E-state index >= 15 is 0 Å². The lowest BCUT2D eigenvalue weighted by molar-refractivity contribution is -0.131. The molecule has 8 heteroatoms. The third kappa shape index (κ3) is 4.26. The van der Waals surface area contributed by atoms with Crippen LogP contribution in [0.25, 0.3) is 11.3 Å². The number of carboxylic acids is 1. The van der Waals surface area contributed by atoms with Crippen molar-refractivity contribution < 1.29 is 29.0 Å². The van der Waals surface area contributed by atoms with Crippen molar-refractivity contribution in [2.45, 2.75) is 78.2 Å². The summed E-state index contributed by atoms with van der Waals surface area (Å²) in [5.74, 6) is 0.275. The molecule has 1 aromatic carbocycles. The third-order valence-electron chi connectivity index (χ3n) is 9.98. The van der Waals surface area contributed by atoms with Gasteiger partial charge in [0.2, 0.25) is 0 Å². The number of allylic oxidation sites excluding steroid dienone is 2. The molecule has 3 heterocycles. The van der Waals surface area contributed by atoms with Gasteiger partial charge in [-0.25, -0.2) is 9.78 Å². The van der Waals surface area contributed by atoms with Gasteiger partial charge in [-0.3, -0.25) is 9.59 Å². The molecule has 2 aromatic rings. The summed E-state index contributed by atoms with van der Waals surface area (Å²) in [4.78, 5) is 46.4. The van der Waals surface area contributed by atoms with E-state index in [2.05, 4.69) is 18.8 Å². The fraction of sp³-hybridized carbons (Fsp3) is 0.471. The van der Waals surface area contributed by atoms with Crippen LogP contribution in [0.3, 0.4) is 0 Å². The standard InChI is InChI=1S/C34H38N2O6/c1-17(2)22-14-25-29(32(38)36(22)5)30(28-23(37)15-34(12-7-13-34)16-26(28)42-25)27-19(4)20(9-11-24(27)41-6)21-10-8-18(3)31(35-21)33(39)40/h8-11,17,22,30H,7,12-16H2,1-6H3,(H,39,40)/t22-,30-/m0/s1. The van der Waals surface area contributed by atoms with Crippen molar-refractivity contribution in [1.29, 1.82) is 0 Å². The third-order valence-corrected chi connectivity index (χ3v) is 9.98. The summed E-state index contributed by atoms with van der Waals surface area (Å²) < 4.78 is 12.5. The number of Topliss-reactive ketones (excluding diaryl/α,β-unsaturated/α-hetero) is 1. The Bertz CT molecular complexity index is 1600. The highest BCUT2D eigenvalue weighted by Gasteiger charge is 2.52. The zero-order chi connectivity index (χ0) is 30.1. The van der Waals surface area contributed by atoms with E-state index in [0.717, 1.165) is 36.0 Å². The molecule has 0 radical (unpaired) electrons. The molecule has 6 rings (SSSR count). The van der Waals surface area contributed by atoms with Crippen molar-refractivity contribution >= 4 is 17.7 Å². The van der Waals surface area contributed by atoms with Gasteiger partial charge in [0.15, 0.2) is 11.5 Å². The number of amides is 1. The number of carboxylic acid groups (broad SMARTS) is 1. The number of rotatable bonds is 5. The number of benzene rings is 1. The molecule has 2 atom stereocenters. The van der Waals surface area contributed by atoms with Gasteiger partial charge in [0, 0.05) is 49.1 Å². The summed E-state index contributed by atoms with van der Waals surface area (Å²) in [5.41, 5.74) is 4.29. The van der Waals surface area contributed by atoms with Gasteiger partial charge in [-0.2, -0.15) is 0 Å². The molecule has 8 nitrogen and oxygen atoms in total. The lowest BCUT2D eigenvalue weighted by Gasteiger charge is -2.49. The molecule has 4 aliphatic rings. The molecule has 42 heavy (non-hydrogen) atoms. The Morgan fingerprint density at radius 3 is 2.45 bits per heavy atom. The molecule has 2 aliphatic heterocycles. The van der Waals surface area contributed by atoms with E-state index in [1.165, 1.54) is 0 Å². The minimum atomic E-state index is -1.09. The van der Waals surface area contributed by atoms with Crippen LogP contribution in [-0.4, -0.2) is 52.8 Å². The average molecular weight is 571 g/mol. The first-order valence-corrected chi connectivity index (χ1v) is 14.8. The highest BCUT2D eigenvalue weighted by atomic mass is 16.5. The molecule has 0 saturated heterocycles. The van der Waals surface area contributed by atoms with Gasteiger partial charge < -0.3 is 19.5 Å². The van der Waals surface area contributed by atoms with E-state index < -0.39 is 11.9 Å². The Labute approximate surface area is 246 Å². The van der Waals surface area contributed by atoms with Crippen molar-refractivity contribution in [3.63, 3.8) is 0 Å². The van der Waals surface area contributed by atoms with Gasteiger partial charge in [0.25, 0.3) is 5.91 Å². The Balaban J connectivity index is 1.59. The molecule has 2 aliphatic carbocycles. The second-order valence-corrected chi connectivity index (χ2v) is 12.8. The minimum Gasteiger partial charge on any atom is -0.496 e. The fourth-order valence-corrected chi connectivity index (χ4v) is 7.49. The van der Waals surface area contributed by atoms with E-state index in [1.54, 1.807) is 31.1 Å². The largest absolute Gasteiger partial charge is 0.496 e. The highest BCUT2D eigenvalue weighted by Crippen LogP contribution is 2.58. The van der Waals surface area contributed by atoms with E-state index in [9.17, 15) is 19.5 Å². The van der Waals surface area contributed by atoms with Crippen molar-refractivity contribution in [2.75, 3.05) is 14.2 Å². The van der Waals surface area contributed by atoms with Crippen LogP contribution < -0.4 is 4.74 Å². The number of nitrogens with zero attached hydrogens (tertiary/aromatic N) is 2. The van der Waals surface area contributed by atoms with Crippen LogP contribution in [0.4, 0.5) is 0 Å². The number of methoxy groups -OCH3 is 1. The predicted octanol–water partition coefficient (Wildman–Crippen LogP) is 6.11. The maximum absolute atomic E-state index is 14.2. The molecule has 1 N–H and O–H groups in total. The fourth-order valence-electron chi connectivity index (χ4n) is 7.49. The summed E-state index contributed by atoms with van der Waals surface area (Å²) >= 11 is 0. The Kier molecular flexibility index (Phi) is 6.78. The van der Waals surface area contributed by atoms with Crippen LogP contribution in [0.15, 0.2) is 46.9 Å². The highest BCUT2D eigenvalue weighted by molar-refractivity contribution is 6.06. The lowest BCUT2D eigenvalue weighted by Crippen LogP contribution is -2.49. The molecule has 1 aromatic heterocycles. The number of hydrogen-bond donors (Lipinski definition) is 1. The van der Waals surface area contributed by atoms with Crippen LogP contribution in [-0.2, 0) is 14.3 Å². The first-order chi connectivity index (χ1) is 20.0. The number of ketones is 1. The quantitative estimate of drug-likeness (QED) is 0.462. The number of aromatic nitrogens is 1. The summed E-state index contributed by atoms with van der Waals surface area (Å²) in [6.07, 6.45) is 4.86. The van der Waals surface area contributed by atoms with Gasteiger partial charge in [-0.15, -0.1) is 0 Å². The molecule has 0 bridgehead atoms. The van der Waals surface area contributed by atoms with Gasteiger partial charge in [0.1, 0.15) is 17.3 Å². The Morgan fingerprint density at radius 1 is 1.10 bits per heavy atom. The Hall–Kier alpha value is -3.94. The lowest BCUT2D eigenvalue weighted by atomic mass is 9.58. The number of aryl methyl sites for hydroxylation is 1. The van der Waals surface area contributed by atoms with Crippen LogP contribution in [0, 0.1) is 25.2 Å². The van der Waals surface area contributed by atoms with E-state index in [4.69, 9.17) is 9.47 Å². The van der Waals surface area contributed by atoms with E-state index in [1.807, 2.05) is 26.1 Å². The number of pyridine rings is 1. The molecular weight excluding hydrogens is 532 g/mol. The van der Waals surface area contributed by atoms with Crippen LogP contribution in [0.5, 0.6) is 5.75 Å². The first kappa shape index (κ1) is 28.2. The van der Waals surface area contributed by atoms with E-state index in [0.29, 0.717) is 58.9 Å². The summed E-state index contributed by atoms with van der Waals surface area (Å²) in [6.45, 7) is 7.86. The van der Waals surface area contributed by atoms with Crippen molar-refractivity contribution in [2.24, 2.45) is 11.3 Å². The predicted molar refractivity (Wildman–Crippen MR) is 157 cm³/mol. The number of likely N-dealkylation sites (N-methyl/N-ethyl adjacent to an activating group) is 1.